The zero-order valence-electron chi connectivity index (χ0n) is 31.5. The first kappa shape index (κ1) is 40.1. The van der Waals surface area contributed by atoms with Crippen LogP contribution in [0.25, 0.3) is 0 Å². The average Bonchev–Trinajstić information content (AvgIpc) is 3.57. The summed E-state index contributed by atoms with van der Waals surface area (Å²) < 4.78 is 45.4. The molecule has 0 spiro atoms. The topological polar surface area (TPSA) is 85.4 Å². The van der Waals surface area contributed by atoms with E-state index in [-0.39, 0.29) is 71.3 Å². The van der Waals surface area contributed by atoms with Crippen LogP contribution in [0, 0.1) is 34.3 Å². The molecule has 0 radical (unpaired) electrons. The van der Waals surface area contributed by atoms with Crippen molar-refractivity contribution in [2.24, 2.45) is 22.7 Å². The standard InChI is InChI=1S/C42H50F2N2O6S2/c1-26-6-15-36-41(4,18-16-37(52-28(3)48)42(36,5)25-51-27(2)47)34(26)24-35(33-17-23-50-39(33)49)54-40(53)46-21-19-45(20-22-46)38(29-7-11-31(43)12-8-29)30-9-13-32(44)14-10-30/h7-14,17,34-38H,1,6,15-16,18-25H2,2-5H3/t34-,35+,36+,37-,41+,42+/m1/s1. The van der Waals surface area contributed by atoms with E-state index in [9.17, 15) is 23.2 Å². The fourth-order valence-corrected chi connectivity index (χ4v) is 11.3. The van der Waals surface area contributed by atoms with Crippen LogP contribution in [-0.4, -0.2) is 82.8 Å². The van der Waals surface area contributed by atoms with Crippen molar-refractivity contribution in [3.63, 3.8) is 0 Å². The van der Waals surface area contributed by atoms with Crippen LogP contribution in [0.4, 0.5) is 8.78 Å². The highest BCUT2D eigenvalue weighted by molar-refractivity contribution is 8.23. The molecule has 4 aliphatic rings. The van der Waals surface area contributed by atoms with Crippen LogP contribution in [-0.2, 0) is 28.6 Å². The number of allylic oxidation sites excluding steroid dienone is 1. The number of thioether (sulfide) groups is 1. The number of hydrogen-bond acceptors (Lipinski definition) is 9. The second kappa shape index (κ2) is 16.6. The van der Waals surface area contributed by atoms with E-state index in [1.165, 1.54) is 49.9 Å². The van der Waals surface area contributed by atoms with E-state index in [1.54, 1.807) is 24.3 Å². The number of thiocarbonyl (C=S) groups is 1. The molecule has 6 rings (SSSR count). The van der Waals surface area contributed by atoms with Crippen molar-refractivity contribution in [1.29, 1.82) is 0 Å². The first-order chi connectivity index (χ1) is 25.7. The fourth-order valence-electron chi connectivity index (χ4n) is 9.60. The number of carbonyl (C=O) groups is 3. The third kappa shape index (κ3) is 8.45. The number of piperazine rings is 1. The Balaban J connectivity index is 1.20. The number of fused-ring (bicyclic) bond motifs is 1. The van der Waals surface area contributed by atoms with E-state index in [2.05, 4.69) is 30.2 Å². The molecule has 54 heavy (non-hydrogen) atoms. The third-order valence-electron chi connectivity index (χ3n) is 12.3. The molecule has 2 saturated carbocycles. The van der Waals surface area contributed by atoms with Gasteiger partial charge in [0.05, 0.1) is 11.6 Å². The minimum absolute atomic E-state index is 0.0183. The maximum absolute atomic E-state index is 13.9. The molecule has 0 N–H and O–H groups in total. The predicted octanol–water partition coefficient (Wildman–Crippen LogP) is 7.82. The zero-order chi connectivity index (χ0) is 38.8. The summed E-state index contributed by atoms with van der Waals surface area (Å²) in [5.41, 5.74) is 2.71. The lowest BCUT2D eigenvalue weighted by Crippen LogP contribution is -2.59. The summed E-state index contributed by atoms with van der Waals surface area (Å²) in [7, 11) is 0. The number of rotatable bonds is 10. The molecule has 0 unspecified atom stereocenters. The SMILES string of the molecule is C=C1CC[C@@H]2[C@](C)(COC(C)=O)[C@H](OC(C)=O)CC[C@@]2(C)[C@@H]1C[C@H](SC(=S)N1CCN(C(c2ccc(F)cc2)c2ccc(F)cc2)CC1)C1=CCOC1=O. The average molecular weight is 781 g/mol. The summed E-state index contributed by atoms with van der Waals surface area (Å²) in [6, 6.07) is 12.7. The largest absolute Gasteiger partial charge is 0.465 e. The van der Waals surface area contributed by atoms with Crippen molar-refractivity contribution in [2.45, 2.75) is 77.2 Å². The fraction of sp³-hybridized carbons (Fsp3) is 0.524. The highest BCUT2D eigenvalue weighted by Crippen LogP contribution is 2.63. The van der Waals surface area contributed by atoms with Crippen LogP contribution >= 0.6 is 24.0 Å². The summed E-state index contributed by atoms with van der Waals surface area (Å²) >= 11 is 7.64. The number of carbonyl (C=O) groups excluding carboxylic acids is 3. The smallest absolute Gasteiger partial charge is 0.335 e. The van der Waals surface area contributed by atoms with E-state index >= 15 is 0 Å². The summed E-state index contributed by atoms with van der Waals surface area (Å²) in [4.78, 5) is 41.9. The highest BCUT2D eigenvalue weighted by Gasteiger charge is 2.60. The Morgan fingerprint density at radius 3 is 2.13 bits per heavy atom. The molecule has 8 nitrogen and oxygen atoms in total. The van der Waals surface area contributed by atoms with E-state index in [4.69, 9.17) is 26.4 Å². The Kier molecular flexibility index (Phi) is 12.3. The molecule has 2 aromatic carbocycles. The maximum Gasteiger partial charge on any atom is 0.335 e. The van der Waals surface area contributed by atoms with Crippen LogP contribution in [0.5, 0.6) is 0 Å². The lowest BCUT2D eigenvalue weighted by atomic mass is 9.46. The summed E-state index contributed by atoms with van der Waals surface area (Å²) in [5, 5.41) is -0.278. The van der Waals surface area contributed by atoms with Gasteiger partial charge >= 0.3 is 17.9 Å². The monoisotopic (exact) mass is 780 g/mol. The number of benzene rings is 2. The maximum atomic E-state index is 13.9. The summed E-state index contributed by atoms with van der Waals surface area (Å²) in [6.45, 7) is 14.7. The molecule has 0 amide bonds. The van der Waals surface area contributed by atoms with Crippen LogP contribution < -0.4 is 0 Å². The number of esters is 3. The lowest BCUT2D eigenvalue weighted by molar-refractivity contribution is -0.191. The molecule has 2 aliphatic carbocycles. The number of hydrogen-bond donors (Lipinski definition) is 0. The number of cyclic esters (lactones) is 1. The molecular weight excluding hydrogens is 731 g/mol. The van der Waals surface area contributed by atoms with E-state index in [1.807, 2.05) is 6.08 Å². The molecule has 3 fully saturated rings. The highest BCUT2D eigenvalue weighted by atomic mass is 32.2. The van der Waals surface area contributed by atoms with Crippen molar-refractivity contribution in [1.82, 2.24) is 9.80 Å². The zero-order valence-corrected chi connectivity index (χ0v) is 33.1. The van der Waals surface area contributed by atoms with E-state index in [0.29, 0.717) is 48.9 Å². The van der Waals surface area contributed by atoms with Gasteiger partial charge in [-0.3, -0.25) is 14.5 Å². The van der Waals surface area contributed by atoms with Gasteiger partial charge in [0.25, 0.3) is 0 Å². The predicted molar refractivity (Wildman–Crippen MR) is 208 cm³/mol. The Bertz CT molecular complexity index is 1730. The van der Waals surface area contributed by atoms with Gasteiger partial charge in [-0.2, -0.15) is 0 Å². The van der Waals surface area contributed by atoms with Gasteiger partial charge in [-0.25, -0.2) is 13.6 Å². The second-order valence-electron chi connectivity index (χ2n) is 15.6. The van der Waals surface area contributed by atoms with Gasteiger partial charge in [-0.15, -0.1) is 0 Å². The summed E-state index contributed by atoms with van der Waals surface area (Å²) in [5.74, 6) is -1.61. The molecule has 6 atom stereocenters. The quantitative estimate of drug-likeness (QED) is 0.103. The minimum atomic E-state index is -0.605. The van der Waals surface area contributed by atoms with E-state index < -0.39 is 11.5 Å². The second-order valence-corrected chi connectivity index (χ2v) is 17.5. The van der Waals surface area contributed by atoms with E-state index in [0.717, 1.165) is 36.0 Å². The third-order valence-corrected chi connectivity index (χ3v) is 14.1. The van der Waals surface area contributed by atoms with Gasteiger partial charge in [0.1, 0.15) is 35.3 Å². The lowest BCUT2D eigenvalue weighted by Gasteiger charge is -2.60. The van der Waals surface area contributed by atoms with Crippen molar-refractivity contribution in [3.8, 4) is 0 Å². The molecule has 1 saturated heterocycles. The van der Waals surface area contributed by atoms with Gasteiger partial charge in [-0.05, 0) is 90.8 Å². The Labute approximate surface area is 326 Å². The van der Waals surface area contributed by atoms with Crippen LogP contribution in [0.1, 0.15) is 77.0 Å². The van der Waals surface area contributed by atoms with Crippen molar-refractivity contribution >= 4 is 46.2 Å². The molecular formula is C42H50F2N2O6S2. The van der Waals surface area contributed by atoms with Crippen LogP contribution in [0.2, 0.25) is 0 Å². The van der Waals surface area contributed by atoms with Gasteiger partial charge in [-0.1, -0.05) is 74.2 Å². The van der Waals surface area contributed by atoms with Gasteiger partial charge < -0.3 is 19.1 Å². The minimum Gasteiger partial charge on any atom is -0.465 e. The number of halogens is 2. The van der Waals surface area contributed by atoms with Crippen LogP contribution in [0.3, 0.4) is 0 Å². The number of nitrogens with zero attached hydrogens (tertiary/aromatic N) is 2. The first-order valence-corrected chi connectivity index (χ1v) is 20.0. The normalized spacial score (nSPS) is 27.9. The Morgan fingerprint density at radius 1 is 0.981 bits per heavy atom. The molecule has 2 heterocycles. The molecule has 2 aliphatic heterocycles. The van der Waals surface area contributed by atoms with Crippen molar-refractivity contribution < 1.29 is 37.4 Å². The Morgan fingerprint density at radius 2 is 1.59 bits per heavy atom. The molecule has 0 aromatic heterocycles. The van der Waals surface area contributed by atoms with Gasteiger partial charge in [0.15, 0.2) is 0 Å². The summed E-state index contributed by atoms with van der Waals surface area (Å²) in [6.07, 6.45) is 5.09. The Hall–Kier alpha value is -3.61. The molecule has 0 bridgehead atoms. The van der Waals surface area contributed by atoms with Crippen LogP contribution in [0.15, 0.2) is 72.3 Å². The molecule has 290 valence electrons. The van der Waals surface area contributed by atoms with Gasteiger partial charge in [0, 0.05) is 50.7 Å². The molecule has 12 heteroatoms. The van der Waals surface area contributed by atoms with Crippen molar-refractivity contribution in [3.05, 3.63) is 95.1 Å². The first-order valence-electron chi connectivity index (χ1n) is 18.8. The molecule has 2 aromatic rings. The van der Waals surface area contributed by atoms with Crippen molar-refractivity contribution in [2.75, 3.05) is 39.4 Å². The number of ether oxygens (including phenoxy) is 3. The van der Waals surface area contributed by atoms with Gasteiger partial charge in [0.2, 0.25) is 0 Å².